The van der Waals surface area contributed by atoms with Crippen molar-refractivity contribution in [3.8, 4) is 0 Å². The van der Waals surface area contributed by atoms with Crippen LogP contribution in [-0.4, -0.2) is 17.1 Å². The van der Waals surface area contributed by atoms with Crippen LogP contribution in [0.25, 0.3) is 0 Å². The lowest BCUT2D eigenvalue weighted by Crippen LogP contribution is -2.30. The van der Waals surface area contributed by atoms with E-state index in [1.54, 1.807) is 19.5 Å². The average molecular weight is 221 g/mol. The van der Waals surface area contributed by atoms with Crippen LogP contribution in [0.5, 0.6) is 0 Å². The van der Waals surface area contributed by atoms with Gasteiger partial charge in [-0.1, -0.05) is 25.7 Å². The molecule has 0 unspecified atom stereocenters. The Bertz CT molecular complexity index is 329. The van der Waals surface area contributed by atoms with Crippen molar-refractivity contribution in [2.24, 2.45) is 0 Å². The zero-order valence-electron chi connectivity index (χ0n) is 9.78. The van der Waals surface area contributed by atoms with Crippen LogP contribution < -0.4 is 5.73 Å². The molecule has 0 aromatic carbocycles. The third-order valence-electron chi connectivity index (χ3n) is 3.38. The first-order chi connectivity index (χ1) is 7.77. The molecule has 2 rings (SSSR count). The molecule has 88 valence electrons. The van der Waals surface area contributed by atoms with Crippen LogP contribution in [0.2, 0.25) is 0 Å². The van der Waals surface area contributed by atoms with E-state index in [9.17, 15) is 0 Å². The van der Waals surface area contributed by atoms with E-state index in [2.05, 4.69) is 9.97 Å². The molecule has 4 nitrogen and oxygen atoms in total. The first kappa shape index (κ1) is 11.3. The summed E-state index contributed by atoms with van der Waals surface area (Å²) in [5.74, 6) is 0.783. The van der Waals surface area contributed by atoms with Gasteiger partial charge in [-0.3, -0.25) is 0 Å². The maximum Gasteiger partial charge on any atom is 0.160 e. The number of anilines is 1. The van der Waals surface area contributed by atoms with Crippen LogP contribution in [0.1, 0.15) is 44.3 Å². The van der Waals surface area contributed by atoms with E-state index in [-0.39, 0.29) is 5.60 Å². The van der Waals surface area contributed by atoms with Crippen molar-refractivity contribution < 1.29 is 4.74 Å². The van der Waals surface area contributed by atoms with Crippen LogP contribution in [0.4, 0.5) is 5.69 Å². The lowest BCUT2D eigenvalue weighted by molar-refractivity contribution is -0.0351. The molecule has 1 fully saturated rings. The van der Waals surface area contributed by atoms with Crippen LogP contribution in [0.15, 0.2) is 12.4 Å². The third-order valence-corrected chi connectivity index (χ3v) is 3.38. The highest BCUT2D eigenvalue weighted by molar-refractivity contribution is 5.30. The minimum atomic E-state index is -0.287. The molecule has 0 radical (unpaired) electrons. The van der Waals surface area contributed by atoms with Crippen molar-refractivity contribution in [1.82, 2.24) is 9.97 Å². The van der Waals surface area contributed by atoms with E-state index >= 15 is 0 Å². The summed E-state index contributed by atoms with van der Waals surface area (Å²) in [7, 11) is 1.75. The van der Waals surface area contributed by atoms with Gasteiger partial charge in [-0.05, 0) is 12.8 Å². The van der Waals surface area contributed by atoms with Crippen LogP contribution in [0, 0.1) is 0 Å². The minimum Gasteiger partial charge on any atom is -0.396 e. The zero-order chi connectivity index (χ0) is 11.4. The molecule has 4 heteroatoms. The summed E-state index contributed by atoms with van der Waals surface area (Å²) >= 11 is 0. The largest absolute Gasteiger partial charge is 0.396 e. The third kappa shape index (κ3) is 2.16. The van der Waals surface area contributed by atoms with Crippen molar-refractivity contribution in [3.63, 3.8) is 0 Å². The fraction of sp³-hybridized carbons (Fsp3) is 0.667. The molecule has 2 N–H and O–H groups in total. The molecular weight excluding hydrogens is 202 g/mol. The monoisotopic (exact) mass is 221 g/mol. The van der Waals surface area contributed by atoms with Gasteiger partial charge in [-0.15, -0.1) is 0 Å². The van der Waals surface area contributed by atoms with Gasteiger partial charge < -0.3 is 10.5 Å². The van der Waals surface area contributed by atoms with Crippen LogP contribution in [-0.2, 0) is 10.3 Å². The first-order valence-electron chi connectivity index (χ1n) is 5.90. The Hall–Kier alpha value is -1.16. The number of aromatic nitrogens is 2. The van der Waals surface area contributed by atoms with Gasteiger partial charge in [0.2, 0.25) is 0 Å². The number of rotatable bonds is 2. The van der Waals surface area contributed by atoms with E-state index in [1.807, 2.05) is 0 Å². The molecule has 1 heterocycles. The number of nitrogens with zero attached hydrogens (tertiary/aromatic N) is 2. The molecule has 0 bridgehead atoms. The quantitative estimate of drug-likeness (QED) is 0.778. The molecule has 0 saturated heterocycles. The van der Waals surface area contributed by atoms with Gasteiger partial charge in [0, 0.05) is 7.11 Å². The van der Waals surface area contributed by atoms with Crippen LogP contribution in [0.3, 0.4) is 0 Å². The number of ether oxygens (including phenoxy) is 1. The van der Waals surface area contributed by atoms with Gasteiger partial charge in [-0.25, -0.2) is 9.97 Å². The van der Waals surface area contributed by atoms with Crippen molar-refractivity contribution in [2.75, 3.05) is 12.8 Å². The fourth-order valence-corrected chi connectivity index (χ4v) is 2.39. The van der Waals surface area contributed by atoms with Gasteiger partial charge in [0.15, 0.2) is 5.82 Å². The molecule has 1 aliphatic rings. The molecule has 0 atom stereocenters. The highest BCUT2D eigenvalue weighted by Gasteiger charge is 2.35. The van der Waals surface area contributed by atoms with Gasteiger partial charge in [-0.2, -0.15) is 0 Å². The number of nitrogen functional groups attached to an aromatic ring is 1. The Morgan fingerprint density at radius 3 is 2.19 bits per heavy atom. The Labute approximate surface area is 96.2 Å². The van der Waals surface area contributed by atoms with E-state index in [1.165, 1.54) is 25.7 Å². The standard InChI is InChI=1S/C12H19N3O/c1-16-12(6-4-2-3-5-7-12)11-14-8-10(13)9-15-11/h8-9H,2-7,13H2,1H3. The summed E-state index contributed by atoms with van der Waals surface area (Å²) in [5, 5.41) is 0. The SMILES string of the molecule is COC1(c2ncc(N)cn2)CCCCCC1. The molecule has 1 aromatic rings. The van der Waals surface area contributed by atoms with Crippen molar-refractivity contribution in [1.29, 1.82) is 0 Å². The lowest BCUT2D eigenvalue weighted by atomic mass is 9.93. The predicted octanol–water partition coefficient (Wildman–Crippen LogP) is 2.25. The van der Waals surface area contributed by atoms with Crippen molar-refractivity contribution >= 4 is 5.69 Å². The van der Waals surface area contributed by atoms with Gasteiger partial charge in [0.25, 0.3) is 0 Å². The van der Waals surface area contributed by atoms with E-state index in [0.717, 1.165) is 18.7 Å². The summed E-state index contributed by atoms with van der Waals surface area (Å²) in [6.45, 7) is 0. The Balaban J connectivity index is 2.28. The number of nitrogens with two attached hydrogens (primary N) is 1. The highest BCUT2D eigenvalue weighted by Crippen LogP contribution is 2.36. The van der Waals surface area contributed by atoms with E-state index in [4.69, 9.17) is 10.5 Å². The summed E-state index contributed by atoms with van der Waals surface area (Å²) in [6, 6.07) is 0. The predicted molar refractivity (Wildman–Crippen MR) is 62.8 cm³/mol. The van der Waals surface area contributed by atoms with Crippen molar-refractivity contribution in [3.05, 3.63) is 18.2 Å². The lowest BCUT2D eigenvalue weighted by Gasteiger charge is -2.29. The molecule has 1 aromatic heterocycles. The Morgan fingerprint density at radius 2 is 1.69 bits per heavy atom. The molecule has 0 aliphatic heterocycles. The second kappa shape index (κ2) is 4.78. The fourth-order valence-electron chi connectivity index (χ4n) is 2.39. The molecule has 0 amide bonds. The molecule has 1 saturated carbocycles. The number of methoxy groups -OCH3 is 1. The van der Waals surface area contributed by atoms with E-state index in [0.29, 0.717) is 5.69 Å². The summed E-state index contributed by atoms with van der Waals surface area (Å²) in [5.41, 5.74) is 5.92. The van der Waals surface area contributed by atoms with Gasteiger partial charge >= 0.3 is 0 Å². The normalized spacial score (nSPS) is 20.3. The highest BCUT2D eigenvalue weighted by atomic mass is 16.5. The zero-order valence-corrected chi connectivity index (χ0v) is 9.78. The molecule has 1 aliphatic carbocycles. The number of hydrogen-bond acceptors (Lipinski definition) is 4. The summed E-state index contributed by atoms with van der Waals surface area (Å²) < 4.78 is 5.72. The molecule has 0 spiro atoms. The summed E-state index contributed by atoms with van der Waals surface area (Å²) in [4.78, 5) is 8.65. The average Bonchev–Trinajstić information content (AvgIpc) is 2.56. The second-order valence-electron chi connectivity index (χ2n) is 4.45. The first-order valence-corrected chi connectivity index (χ1v) is 5.90. The summed E-state index contributed by atoms with van der Waals surface area (Å²) in [6.07, 6.45) is 10.3. The Kier molecular flexibility index (Phi) is 3.39. The van der Waals surface area contributed by atoms with Gasteiger partial charge in [0.1, 0.15) is 5.60 Å². The topological polar surface area (TPSA) is 61.0 Å². The maximum absolute atomic E-state index is 5.72. The maximum atomic E-state index is 5.72. The smallest absolute Gasteiger partial charge is 0.160 e. The van der Waals surface area contributed by atoms with E-state index < -0.39 is 0 Å². The minimum absolute atomic E-state index is 0.287. The van der Waals surface area contributed by atoms with Crippen LogP contribution >= 0.6 is 0 Å². The molecular formula is C12H19N3O. The Morgan fingerprint density at radius 1 is 1.12 bits per heavy atom. The molecule has 16 heavy (non-hydrogen) atoms. The second-order valence-corrected chi connectivity index (χ2v) is 4.45. The van der Waals surface area contributed by atoms with Crippen molar-refractivity contribution in [2.45, 2.75) is 44.1 Å². The van der Waals surface area contributed by atoms with Gasteiger partial charge in [0.05, 0.1) is 18.1 Å². The number of hydrogen-bond donors (Lipinski definition) is 1.